The SMILES string of the molecule is CCc1ccc(C(=O)NCCc2ccccc2OC)o1. The van der Waals surface area contributed by atoms with Crippen molar-refractivity contribution in [1.82, 2.24) is 5.32 Å². The third-order valence-electron chi connectivity index (χ3n) is 3.11. The number of hydrogen-bond acceptors (Lipinski definition) is 3. The van der Waals surface area contributed by atoms with Gasteiger partial charge in [-0.1, -0.05) is 25.1 Å². The lowest BCUT2D eigenvalue weighted by molar-refractivity contribution is 0.0924. The average molecular weight is 273 g/mol. The lowest BCUT2D eigenvalue weighted by atomic mass is 10.1. The second-order valence-electron chi connectivity index (χ2n) is 4.44. The fraction of sp³-hybridized carbons (Fsp3) is 0.312. The van der Waals surface area contributed by atoms with Crippen LogP contribution in [-0.4, -0.2) is 19.6 Å². The van der Waals surface area contributed by atoms with Gasteiger partial charge in [-0.15, -0.1) is 0 Å². The Hall–Kier alpha value is -2.23. The lowest BCUT2D eigenvalue weighted by Gasteiger charge is -2.08. The topological polar surface area (TPSA) is 51.5 Å². The van der Waals surface area contributed by atoms with Crippen LogP contribution in [0.5, 0.6) is 5.75 Å². The maximum atomic E-state index is 11.9. The van der Waals surface area contributed by atoms with Gasteiger partial charge in [-0.05, 0) is 30.2 Å². The first-order valence-corrected chi connectivity index (χ1v) is 6.73. The fourth-order valence-corrected chi connectivity index (χ4v) is 2.00. The number of nitrogens with one attached hydrogen (secondary N) is 1. The Morgan fingerprint density at radius 1 is 1.25 bits per heavy atom. The van der Waals surface area contributed by atoms with Gasteiger partial charge in [-0.2, -0.15) is 0 Å². The number of carbonyl (C=O) groups is 1. The van der Waals surface area contributed by atoms with E-state index in [2.05, 4.69) is 5.32 Å². The minimum atomic E-state index is -0.181. The number of aryl methyl sites for hydroxylation is 1. The maximum absolute atomic E-state index is 11.9. The van der Waals surface area contributed by atoms with Crippen molar-refractivity contribution in [2.75, 3.05) is 13.7 Å². The van der Waals surface area contributed by atoms with Gasteiger partial charge in [0.15, 0.2) is 5.76 Å². The van der Waals surface area contributed by atoms with E-state index in [0.29, 0.717) is 12.3 Å². The fourth-order valence-electron chi connectivity index (χ4n) is 2.00. The van der Waals surface area contributed by atoms with Crippen LogP contribution >= 0.6 is 0 Å². The maximum Gasteiger partial charge on any atom is 0.287 e. The number of benzene rings is 1. The van der Waals surface area contributed by atoms with Gasteiger partial charge in [0.25, 0.3) is 5.91 Å². The molecule has 0 aliphatic carbocycles. The molecule has 20 heavy (non-hydrogen) atoms. The third kappa shape index (κ3) is 3.41. The van der Waals surface area contributed by atoms with Gasteiger partial charge >= 0.3 is 0 Å². The van der Waals surface area contributed by atoms with Crippen molar-refractivity contribution in [2.24, 2.45) is 0 Å². The molecule has 0 radical (unpaired) electrons. The molecule has 1 aromatic heterocycles. The first kappa shape index (κ1) is 14.2. The monoisotopic (exact) mass is 273 g/mol. The van der Waals surface area contributed by atoms with E-state index < -0.39 is 0 Å². The number of para-hydroxylation sites is 1. The van der Waals surface area contributed by atoms with Crippen LogP contribution in [0.2, 0.25) is 0 Å². The molecule has 0 aliphatic rings. The largest absolute Gasteiger partial charge is 0.496 e. The van der Waals surface area contributed by atoms with Crippen LogP contribution in [0.15, 0.2) is 40.8 Å². The Kier molecular flexibility index (Phi) is 4.82. The van der Waals surface area contributed by atoms with Gasteiger partial charge in [-0.25, -0.2) is 0 Å². The molecule has 0 aliphatic heterocycles. The van der Waals surface area contributed by atoms with Gasteiger partial charge < -0.3 is 14.5 Å². The summed E-state index contributed by atoms with van der Waals surface area (Å²) in [6, 6.07) is 11.3. The van der Waals surface area contributed by atoms with Crippen molar-refractivity contribution in [3.8, 4) is 5.75 Å². The summed E-state index contributed by atoms with van der Waals surface area (Å²) in [5, 5.41) is 2.85. The molecular weight excluding hydrogens is 254 g/mol. The first-order chi connectivity index (χ1) is 9.74. The van der Waals surface area contributed by atoms with Crippen molar-refractivity contribution >= 4 is 5.91 Å². The van der Waals surface area contributed by atoms with E-state index >= 15 is 0 Å². The summed E-state index contributed by atoms with van der Waals surface area (Å²) in [5.74, 6) is 1.84. The highest BCUT2D eigenvalue weighted by atomic mass is 16.5. The number of furan rings is 1. The highest BCUT2D eigenvalue weighted by molar-refractivity contribution is 5.91. The Bertz CT molecular complexity index is 575. The summed E-state index contributed by atoms with van der Waals surface area (Å²) < 4.78 is 10.7. The van der Waals surface area contributed by atoms with Crippen molar-refractivity contribution < 1.29 is 13.9 Å². The van der Waals surface area contributed by atoms with Gasteiger partial charge in [0.2, 0.25) is 0 Å². The summed E-state index contributed by atoms with van der Waals surface area (Å²) in [7, 11) is 1.65. The highest BCUT2D eigenvalue weighted by Crippen LogP contribution is 2.17. The van der Waals surface area contributed by atoms with Crippen LogP contribution in [0.25, 0.3) is 0 Å². The molecule has 1 N–H and O–H groups in total. The van der Waals surface area contributed by atoms with Crippen molar-refractivity contribution in [2.45, 2.75) is 19.8 Å². The summed E-state index contributed by atoms with van der Waals surface area (Å²) in [5.41, 5.74) is 1.07. The normalized spacial score (nSPS) is 10.3. The molecule has 0 spiro atoms. The molecule has 0 saturated heterocycles. The quantitative estimate of drug-likeness (QED) is 0.880. The van der Waals surface area contributed by atoms with Crippen LogP contribution in [0.3, 0.4) is 0 Å². The molecule has 1 aromatic carbocycles. The summed E-state index contributed by atoms with van der Waals surface area (Å²) in [6.45, 7) is 2.53. The summed E-state index contributed by atoms with van der Waals surface area (Å²) >= 11 is 0. The molecule has 1 amide bonds. The molecule has 106 valence electrons. The molecule has 0 unspecified atom stereocenters. The lowest BCUT2D eigenvalue weighted by Crippen LogP contribution is -2.25. The zero-order valence-electron chi connectivity index (χ0n) is 11.8. The Labute approximate surface area is 118 Å². The Morgan fingerprint density at radius 3 is 2.75 bits per heavy atom. The van der Waals surface area contributed by atoms with Gasteiger partial charge in [0.05, 0.1) is 7.11 Å². The minimum Gasteiger partial charge on any atom is -0.496 e. The van der Waals surface area contributed by atoms with Crippen molar-refractivity contribution in [3.63, 3.8) is 0 Å². The van der Waals surface area contributed by atoms with Crippen LogP contribution in [0.4, 0.5) is 0 Å². The molecule has 0 atom stereocenters. The smallest absolute Gasteiger partial charge is 0.287 e. The molecule has 2 aromatic rings. The predicted octanol–water partition coefficient (Wildman–Crippen LogP) is 2.82. The number of ether oxygens (including phenoxy) is 1. The average Bonchev–Trinajstić information content (AvgIpc) is 2.96. The first-order valence-electron chi connectivity index (χ1n) is 6.73. The molecule has 4 heteroatoms. The van der Waals surface area contributed by atoms with E-state index in [9.17, 15) is 4.79 Å². The van der Waals surface area contributed by atoms with Gasteiger partial charge in [-0.3, -0.25) is 4.79 Å². The van der Waals surface area contributed by atoms with E-state index in [4.69, 9.17) is 9.15 Å². The molecule has 0 fully saturated rings. The number of carbonyl (C=O) groups excluding carboxylic acids is 1. The second kappa shape index (κ2) is 6.80. The van der Waals surface area contributed by atoms with E-state index in [0.717, 1.165) is 29.9 Å². The summed E-state index contributed by atoms with van der Waals surface area (Å²) in [6.07, 6.45) is 1.51. The van der Waals surface area contributed by atoms with Crippen LogP contribution < -0.4 is 10.1 Å². The van der Waals surface area contributed by atoms with Gasteiger partial charge in [0, 0.05) is 13.0 Å². The van der Waals surface area contributed by atoms with Crippen molar-refractivity contribution in [3.05, 3.63) is 53.5 Å². The molecule has 0 saturated carbocycles. The number of hydrogen-bond donors (Lipinski definition) is 1. The molecule has 1 heterocycles. The minimum absolute atomic E-state index is 0.181. The second-order valence-corrected chi connectivity index (χ2v) is 4.44. The Morgan fingerprint density at radius 2 is 2.05 bits per heavy atom. The van der Waals surface area contributed by atoms with Crippen molar-refractivity contribution in [1.29, 1.82) is 0 Å². The van der Waals surface area contributed by atoms with Crippen LogP contribution in [0, 0.1) is 0 Å². The standard InChI is InChI=1S/C16H19NO3/c1-3-13-8-9-15(20-13)16(18)17-11-10-12-6-4-5-7-14(12)19-2/h4-9H,3,10-11H2,1-2H3,(H,17,18). The predicted molar refractivity (Wildman–Crippen MR) is 77.1 cm³/mol. The molecule has 2 rings (SSSR count). The Balaban J connectivity index is 1.87. The molecule has 4 nitrogen and oxygen atoms in total. The van der Waals surface area contributed by atoms with E-state index in [1.807, 2.05) is 37.3 Å². The zero-order valence-corrected chi connectivity index (χ0v) is 11.8. The van der Waals surface area contributed by atoms with Gasteiger partial charge in [0.1, 0.15) is 11.5 Å². The van der Waals surface area contributed by atoms with E-state index in [-0.39, 0.29) is 5.91 Å². The zero-order chi connectivity index (χ0) is 14.4. The van der Waals surface area contributed by atoms with Crippen LogP contribution in [0.1, 0.15) is 28.8 Å². The van der Waals surface area contributed by atoms with E-state index in [1.165, 1.54) is 0 Å². The number of amides is 1. The number of rotatable bonds is 6. The summed E-state index contributed by atoms with van der Waals surface area (Å²) in [4.78, 5) is 11.9. The molecular formula is C16H19NO3. The highest BCUT2D eigenvalue weighted by Gasteiger charge is 2.10. The third-order valence-corrected chi connectivity index (χ3v) is 3.11. The van der Waals surface area contributed by atoms with Crippen LogP contribution in [-0.2, 0) is 12.8 Å². The number of methoxy groups -OCH3 is 1. The molecule has 0 bridgehead atoms. The van der Waals surface area contributed by atoms with E-state index in [1.54, 1.807) is 13.2 Å².